The summed E-state index contributed by atoms with van der Waals surface area (Å²) in [6.07, 6.45) is 0. The van der Waals surface area contributed by atoms with Gasteiger partial charge in [-0.05, 0) is 18.2 Å². The van der Waals surface area contributed by atoms with E-state index in [9.17, 15) is 0 Å². The fraction of sp³-hybridized carbons (Fsp3) is 0.308. The van der Waals surface area contributed by atoms with E-state index in [1.54, 1.807) is 6.07 Å². The number of benzene rings is 1. The lowest BCUT2D eigenvalue weighted by Gasteiger charge is -2.29. The van der Waals surface area contributed by atoms with Gasteiger partial charge in [0, 0.05) is 24.7 Å². The summed E-state index contributed by atoms with van der Waals surface area (Å²) in [4.78, 5) is 2.21. The number of anilines is 2. The van der Waals surface area contributed by atoms with Crippen molar-refractivity contribution in [3.05, 3.63) is 29.3 Å². The average Bonchev–Trinajstić information content (AvgIpc) is 2.86. The summed E-state index contributed by atoms with van der Waals surface area (Å²) in [6, 6.07) is 7.49. The first kappa shape index (κ1) is 12.3. The number of nitrogen functional groups attached to an aromatic ring is 1. The van der Waals surface area contributed by atoms with E-state index in [4.69, 9.17) is 26.6 Å². The predicted molar refractivity (Wildman–Crippen MR) is 74.4 cm³/mol. The van der Waals surface area contributed by atoms with Crippen LogP contribution in [0.25, 0.3) is 11.3 Å². The number of aromatic nitrogens is 1. The molecule has 1 aromatic heterocycles. The van der Waals surface area contributed by atoms with Gasteiger partial charge in [0.2, 0.25) is 0 Å². The summed E-state index contributed by atoms with van der Waals surface area (Å²) in [6.45, 7) is 3.18. The molecule has 6 heteroatoms. The number of hydrogen-bond donors (Lipinski definition) is 1. The standard InChI is InChI=1S/C13H14ClN3O2/c14-10-7-9(12-8-13(15)16-19-12)1-2-11(10)17-3-5-18-6-4-17/h1-2,7-8H,3-6H2,(H2,15,16). The van der Waals surface area contributed by atoms with E-state index in [1.807, 2.05) is 18.2 Å². The van der Waals surface area contributed by atoms with Gasteiger partial charge in [0.25, 0.3) is 0 Å². The third-order valence-corrected chi connectivity index (χ3v) is 3.42. The van der Waals surface area contributed by atoms with Gasteiger partial charge in [-0.3, -0.25) is 0 Å². The molecule has 1 aliphatic heterocycles. The van der Waals surface area contributed by atoms with Crippen molar-refractivity contribution in [3.8, 4) is 11.3 Å². The molecule has 2 aromatic rings. The number of ether oxygens (including phenoxy) is 1. The third-order valence-electron chi connectivity index (χ3n) is 3.11. The van der Waals surface area contributed by atoms with Crippen LogP contribution in [0.15, 0.2) is 28.8 Å². The van der Waals surface area contributed by atoms with E-state index in [0.29, 0.717) is 16.6 Å². The molecule has 2 heterocycles. The van der Waals surface area contributed by atoms with Crippen molar-refractivity contribution in [2.24, 2.45) is 0 Å². The van der Waals surface area contributed by atoms with Crippen molar-refractivity contribution >= 4 is 23.1 Å². The van der Waals surface area contributed by atoms with Gasteiger partial charge in [0.05, 0.1) is 23.9 Å². The zero-order chi connectivity index (χ0) is 13.2. The van der Waals surface area contributed by atoms with Crippen molar-refractivity contribution in [1.82, 2.24) is 5.16 Å². The number of hydrogen-bond acceptors (Lipinski definition) is 5. The quantitative estimate of drug-likeness (QED) is 0.914. The van der Waals surface area contributed by atoms with Crippen LogP contribution in [0.5, 0.6) is 0 Å². The van der Waals surface area contributed by atoms with Crippen LogP contribution < -0.4 is 10.6 Å². The minimum Gasteiger partial charge on any atom is -0.381 e. The summed E-state index contributed by atoms with van der Waals surface area (Å²) >= 11 is 6.34. The van der Waals surface area contributed by atoms with Crippen molar-refractivity contribution in [3.63, 3.8) is 0 Å². The van der Waals surface area contributed by atoms with Crippen LogP contribution in [0, 0.1) is 0 Å². The lowest BCUT2D eigenvalue weighted by molar-refractivity contribution is 0.122. The van der Waals surface area contributed by atoms with Gasteiger partial charge < -0.3 is 19.9 Å². The van der Waals surface area contributed by atoms with Crippen LogP contribution >= 0.6 is 11.6 Å². The molecule has 2 N–H and O–H groups in total. The highest BCUT2D eigenvalue weighted by Gasteiger charge is 2.15. The topological polar surface area (TPSA) is 64.5 Å². The second-order valence-electron chi connectivity index (χ2n) is 4.38. The zero-order valence-corrected chi connectivity index (χ0v) is 11.1. The molecule has 0 aliphatic carbocycles. The minimum atomic E-state index is 0.364. The maximum absolute atomic E-state index is 6.34. The number of rotatable bonds is 2. The van der Waals surface area contributed by atoms with Gasteiger partial charge >= 0.3 is 0 Å². The molecule has 1 fully saturated rings. The molecular weight excluding hydrogens is 266 g/mol. The van der Waals surface area contributed by atoms with Gasteiger partial charge in [-0.1, -0.05) is 16.8 Å². The Morgan fingerprint density at radius 1 is 1.21 bits per heavy atom. The molecule has 0 saturated carbocycles. The smallest absolute Gasteiger partial charge is 0.169 e. The predicted octanol–water partition coefficient (Wildman–Crippen LogP) is 2.41. The van der Waals surface area contributed by atoms with E-state index < -0.39 is 0 Å². The van der Waals surface area contributed by atoms with Crippen LogP contribution in [0.4, 0.5) is 11.5 Å². The maximum Gasteiger partial charge on any atom is 0.169 e. The number of nitrogens with two attached hydrogens (primary N) is 1. The molecule has 5 nitrogen and oxygen atoms in total. The molecular formula is C13H14ClN3O2. The Balaban J connectivity index is 1.89. The largest absolute Gasteiger partial charge is 0.381 e. The Bertz CT molecular complexity index is 579. The molecule has 1 aromatic carbocycles. The van der Waals surface area contributed by atoms with E-state index in [-0.39, 0.29) is 0 Å². The fourth-order valence-electron chi connectivity index (χ4n) is 2.15. The Kier molecular flexibility index (Phi) is 3.31. The van der Waals surface area contributed by atoms with Gasteiger partial charge in [0.1, 0.15) is 0 Å². The number of halogens is 1. The highest BCUT2D eigenvalue weighted by atomic mass is 35.5. The third kappa shape index (κ3) is 2.52. The van der Waals surface area contributed by atoms with Crippen molar-refractivity contribution in [2.75, 3.05) is 36.9 Å². The van der Waals surface area contributed by atoms with E-state index in [1.165, 1.54) is 0 Å². The van der Waals surface area contributed by atoms with E-state index >= 15 is 0 Å². The molecule has 0 spiro atoms. The second-order valence-corrected chi connectivity index (χ2v) is 4.79. The Morgan fingerprint density at radius 2 is 2.00 bits per heavy atom. The van der Waals surface area contributed by atoms with Gasteiger partial charge in [-0.2, -0.15) is 0 Å². The van der Waals surface area contributed by atoms with Crippen LogP contribution in [0.1, 0.15) is 0 Å². The van der Waals surface area contributed by atoms with Crippen LogP contribution in [-0.4, -0.2) is 31.5 Å². The number of nitrogens with zero attached hydrogens (tertiary/aromatic N) is 2. The second kappa shape index (κ2) is 5.11. The fourth-order valence-corrected chi connectivity index (χ4v) is 2.45. The molecule has 1 aliphatic rings. The monoisotopic (exact) mass is 279 g/mol. The molecule has 0 unspecified atom stereocenters. The van der Waals surface area contributed by atoms with Crippen LogP contribution in [0.2, 0.25) is 5.02 Å². The van der Waals surface area contributed by atoms with Gasteiger partial charge in [-0.25, -0.2) is 0 Å². The van der Waals surface area contributed by atoms with Gasteiger partial charge in [0.15, 0.2) is 11.6 Å². The van der Waals surface area contributed by atoms with Gasteiger partial charge in [-0.15, -0.1) is 0 Å². The molecule has 100 valence electrons. The van der Waals surface area contributed by atoms with Crippen LogP contribution in [-0.2, 0) is 4.74 Å². The lowest BCUT2D eigenvalue weighted by atomic mass is 10.1. The summed E-state index contributed by atoms with van der Waals surface area (Å²) in [7, 11) is 0. The first-order chi connectivity index (χ1) is 9.24. The first-order valence-electron chi connectivity index (χ1n) is 6.09. The molecule has 1 saturated heterocycles. The highest BCUT2D eigenvalue weighted by Crippen LogP contribution is 2.32. The summed E-state index contributed by atoms with van der Waals surface area (Å²) in [5.41, 5.74) is 7.42. The van der Waals surface area contributed by atoms with Crippen LogP contribution in [0.3, 0.4) is 0 Å². The molecule has 3 rings (SSSR count). The van der Waals surface area contributed by atoms with Crippen molar-refractivity contribution in [2.45, 2.75) is 0 Å². The van der Waals surface area contributed by atoms with Crippen molar-refractivity contribution < 1.29 is 9.26 Å². The SMILES string of the molecule is Nc1cc(-c2ccc(N3CCOCC3)c(Cl)c2)on1. The molecule has 0 atom stereocenters. The summed E-state index contributed by atoms with van der Waals surface area (Å²) < 4.78 is 10.5. The average molecular weight is 280 g/mol. The summed E-state index contributed by atoms with van der Waals surface area (Å²) in [5, 5.41) is 4.36. The molecule has 0 bridgehead atoms. The zero-order valence-electron chi connectivity index (χ0n) is 10.3. The molecule has 19 heavy (non-hydrogen) atoms. The normalized spacial score (nSPS) is 15.7. The Hall–Kier alpha value is -1.72. The van der Waals surface area contributed by atoms with E-state index in [0.717, 1.165) is 37.6 Å². The summed E-state index contributed by atoms with van der Waals surface area (Å²) in [5.74, 6) is 0.983. The van der Waals surface area contributed by atoms with Crippen molar-refractivity contribution in [1.29, 1.82) is 0 Å². The number of morpholine rings is 1. The molecule has 0 amide bonds. The Morgan fingerprint density at radius 3 is 2.63 bits per heavy atom. The maximum atomic E-state index is 6.34. The lowest BCUT2D eigenvalue weighted by Crippen LogP contribution is -2.36. The molecule has 0 radical (unpaired) electrons. The Labute approximate surface area is 115 Å². The first-order valence-corrected chi connectivity index (χ1v) is 6.46. The minimum absolute atomic E-state index is 0.364. The highest BCUT2D eigenvalue weighted by molar-refractivity contribution is 6.33. The van der Waals surface area contributed by atoms with E-state index in [2.05, 4.69) is 10.1 Å².